The lowest BCUT2D eigenvalue weighted by Crippen LogP contribution is -2.46. The van der Waals surface area contributed by atoms with Crippen LogP contribution in [0.5, 0.6) is 0 Å². The molecule has 2 atom stereocenters. The topological polar surface area (TPSA) is 95.9 Å². The Morgan fingerprint density at radius 3 is 2.35 bits per heavy atom. The van der Waals surface area contributed by atoms with Crippen LogP contribution in [0.4, 0.5) is 0 Å². The average molecular weight is 309 g/mol. The molecule has 0 amide bonds. The first kappa shape index (κ1) is 19.3. The van der Waals surface area contributed by atoms with Crippen molar-refractivity contribution >= 4 is 13.8 Å². The Bertz CT molecular complexity index is 390. The molecule has 2 unspecified atom stereocenters. The van der Waals surface area contributed by atoms with Gasteiger partial charge >= 0.3 is 13.8 Å². The molecular weight excluding hydrogens is 285 g/mol. The summed E-state index contributed by atoms with van der Waals surface area (Å²) in [4.78, 5) is 22.5. The minimum absolute atomic E-state index is 0.0138. The number of carbonyl (C=O) groups excluding carboxylic acids is 1. The second-order valence-corrected chi connectivity index (χ2v) is 6.85. The summed E-state index contributed by atoms with van der Waals surface area (Å²) in [6.45, 7) is 4.53. The predicted octanol–water partition coefficient (Wildman–Crippen LogP) is 0.438. The van der Waals surface area contributed by atoms with Crippen molar-refractivity contribution in [2.45, 2.75) is 25.8 Å². The summed E-state index contributed by atoms with van der Waals surface area (Å²) in [5.41, 5.74) is -0.0193. The number of phosphoric ester groups is 1. The second-order valence-electron chi connectivity index (χ2n) is 5.51. The number of rotatable bonds is 9. The van der Waals surface area contributed by atoms with Crippen molar-refractivity contribution in [3.05, 3.63) is 12.2 Å². The molecule has 7 nitrogen and oxygen atoms in total. The van der Waals surface area contributed by atoms with Gasteiger partial charge in [0.2, 0.25) is 0 Å². The molecule has 0 aliphatic heterocycles. The number of aliphatic hydroxyl groups is 1. The highest BCUT2D eigenvalue weighted by Crippen LogP contribution is 2.39. The molecule has 0 aromatic carbocycles. The van der Waals surface area contributed by atoms with Crippen LogP contribution in [-0.4, -0.2) is 56.0 Å². The van der Waals surface area contributed by atoms with Gasteiger partial charge in [0.15, 0.2) is 0 Å². The lowest BCUT2D eigenvalue weighted by Gasteiger charge is -2.34. The van der Waals surface area contributed by atoms with Crippen molar-refractivity contribution in [1.29, 1.82) is 0 Å². The van der Waals surface area contributed by atoms with Gasteiger partial charge in [0.1, 0.15) is 0 Å². The summed E-state index contributed by atoms with van der Waals surface area (Å²) < 4.78 is 20.8. The molecule has 0 bridgehead atoms. The van der Waals surface area contributed by atoms with Crippen molar-refractivity contribution in [3.8, 4) is 0 Å². The van der Waals surface area contributed by atoms with Crippen molar-refractivity contribution in [1.82, 2.24) is 0 Å². The number of hydrogen-bond donors (Lipinski definition) is 1. The van der Waals surface area contributed by atoms with Gasteiger partial charge in [-0.1, -0.05) is 6.58 Å². The minimum atomic E-state index is -4.66. The van der Waals surface area contributed by atoms with E-state index in [0.717, 1.165) is 0 Å². The van der Waals surface area contributed by atoms with Gasteiger partial charge in [-0.15, -0.1) is 0 Å². The molecule has 0 aliphatic rings. The van der Waals surface area contributed by atoms with Crippen LogP contribution in [0.3, 0.4) is 0 Å². The Hall–Kier alpha value is -0.720. The van der Waals surface area contributed by atoms with Gasteiger partial charge in [0.05, 0.1) is 33.8 Å². The molecule has 0 saturated carbocycles. The monoisotopic (exact) mass is 309 g/mol. The fourth-order valence-electron chi connectivity index (χ4n) is 1.57. The molecule has 0 aromatic heterocycles. The molecule has 0 spiro atoms. The number of carbonyl (C=O) groups is 1. The van der Waals surface area contributed by atoms with Crippen LogP contribution in [0.1, 0.15) is 19.8 Å². The van der Waals surface area contributed by atoms with Crippen LogP contribution in [0.25, 0.3) is 0 Å². The molecule has 0 aromatic rings. The summed E-state index contributed by atoms with van der Waals surface area (Å²) in [7, 11) is 1.17. The van der Waals surface area contributed by atoms with Crippen LogP contribution in [-0.2, 0) is 18.4 Å². The zero-order valence-electron chi connectivity index (χ0n) is 12.5. The van der Waals surface area contributed by atoms with E-state index in [9.17, 15) is 14.3 Å². The molecule has 8 heteroatoms. The molecule has 1 N–H and O–H groups in total. The molecule has 0 aliphatic carbocycles. The number of nitrogens with zero attached hydrogens (tertiary/aromatic N) is 1. The second kappa shape index (κ2) is 7.90. The van der Waals surface area contributed by atoms with E-state index in [4.69, 9.17) is 5.11 Å². The summed E-state index contributed by atoms with van der Waals surface area (Å²) in [5.74, 6) is -1.03. The van der Waals surface area contributed by atoms with Gasteiger partial charge in [-0.3, -0.25) is 4.57 Å². The fourth-order valence-corrected chi connectivity index (χ4v) is 2.31. The summed E-state index contributed by atoms with van der Waals surface area (Å²) in [5, 5.41) is 8.99. The average Bonchev–Trinajstić information content (AvgIpc) is 2.25. The van der Waals surface area contributed by atoms with Crippen molar-refractivity contribution < 1.29 is 32.9 Å². The van der Waals surface area contributed by atoms with E-state index in [1.807, 2.05) is 21.1 Å². The lowest BCUT2D eigenvalue weighted by atomic mass is 10.1. The van der Waals surface area contributed by atoms with Crippen molar-refractivity contribution in [3.63, 3.8) is 0 Å². The number of aliphatic hydroxyl groups excluding tert-OH is 1. The largest absolute Gasteiger partial charge is 0.746 e. The summed E-state index contributed by atoms with van der Waals surface area (Å²) in [6, 6.07) is 0.0387. The molecule has 0 rings (SSSR count). The highest BCUT2D eigenvalue weighted by atomic mass is 31.2. The molecule has 0 fully saturated rings. The van der Waals surface area contributed by atoms with Crippen molar-refractivity contribution in [2.24, 2.45) is 0 Å². The third-order valence-corrected chi connectivity index (χ3v) is 3.69. The van der Waals surface area contributed by atoms with E-state index in [2.05, 4.69) is 15.6 Å². The van der Waals surface area contributed by atoms with Gasteiger partial charge in [0.25, 0.3) is 0 Å². The first-order valence-corrected chi connectivity index (χ1v) is 7.72. The maximum absolute atomic E-state index is 11.4. The zero-order valence-corrected chi connectivity index (χ0v) is 13.4. The van der Waals surface area contributed by atoms with Crippen LogP contribution >= 0.6 is 7.82 Å². The molecule has 0 heterocycles. The zero-order chi connectivity index (χ0) is 16.0. The van der Waals surface area contributed by atoms with E-state index >= 15 is 0 Å². The molecule has 0 radical (unpaired) electrons. The Morgan fingerprint density at radius 1 is 1.40 bits per heavy atom. The predicted molar refractivity (Wildman–Crippen MR) is 72.6 cm³/mol. The minimum Gasteiger partial charge on any atom is -0.746 e. The Morgan fingerprint density at radius 2 is 1.95 bits per heavy atom. The van der Waals surface area contributed by atoms with E-state index in [-0.39, 0.29) is 24.8 Å². The molecule has 118 valence electrons. The van der Waals surface area contributed by atoms with Gasteiger partial charge in [-0.05, 0) is 6.92 Å². The Labute approximate surface area is 120 Å². The molecule has 20 heavy (non-hydrogen) atoms. The fraction of sp³-hybridized carbons (Fsp3) is 0.750. The van der Waals surface area contributed by atoms with Crippen LogP contribution in [0.15, 0.2) is 12.2 Å². The lowest BCUT2D eigenvalue weighted by molar-refractivity contribution is -0.896. The highest BCUT2D eigenvalue weighted by Gasteiger charge is 2.24. The molecular formula is C12H24NO6P. The maximum Gasteiger partial charge on any atom is 0.338 e. The maximum atomic E-state index is 11.4. The van der Waals surface area contributed by atoms with Crippen LogP contribution in [0.2, 0.25) is 0 Å². The Balaban J connectivity index is 4.36. The van der Waals surface area contributed by atoms with Crippen LogP contribution < -0.4 is 4.89 Å². The van der Waals surface area contributed by atoms with Gasteiger partial charge in [0, 0.05) is 25.0 Å². The normalized spacial score (nSPS) is 16.3. The van der Waals surface area contributed by atoms with Gasteiger partial charge < -0.3 is 23.5 Å². The smallest absolute Gasteiger partial charge is 0.338 e. The Kier molecular flexibility index (Phi) is 7.62. The number of hydrogen-bond acceptors (Lipinski definition) is 6. The first-order valence-electron chi connectivity index (χ1n) is 6.26. The van der Waals surface area contributed by atoms with Crippen LogP contribution in [0, 0.1) is 0 Å². The van der Waals surface area contributed by atoms with Gasteiger partial charge in [-0.2, -0.15) is 0 Å². The summed E-state index contributed by atoms with van der Waals surface area (Å²) in [6.07, 6.45) is 0.947. The molecule has 0 saturated heterocycles. The number of phosphoric acid groups is 1. The third-order valence-electron chi connectivity index (χ3n) is 2.80. The van der Waals surface area contributed by atoms with E-state index in [1.54, 1.807) is 0 Å². The van der Waals surface area contributed by atoms with Gasteiger partial charge in [-0.25, -0.2) is 4.79 Å². The van der Waals surface area contributed by atoms with E-state index < -0.39 is 13.8 Å². The third kappa shape index (κ3) is 7.77. The standard InChI is InChI=1S/C12H24NO6P/c1-10(2)12(15)19-20(16,17)18-9-7-11(6-8-14)13(3,4)5/h11,14H,1,6-9H2,2-5H3. The van der Waals surface area contributed by atoms with Crippen molar-refractivity contribution in [2.75, 3.05) is 34.4 Å². The summed E-state index contributed by atoms with van der Waals surface area (Å²) >= 11 is 0. The quantitative estimate of drug-likeness (QED) is 0.377. The van der Waals surface area contributed by atoms with E-state index in [0.29, 0.717) is 17.3 Å². The SMILES string of the molecule is C=C(C)C(=O)OP(=O)([O-])OCCC(CCO)[N+](C)(C)C. The first-order chi connectivity index (χ1) is 8.99. The highest BCUT2D eigenvalue weighted by molar-refractivity contribution is 7.46. The van der Waals surface area contributed by atoms with E-state index in [1.165, 1.54) is 6.92 Å². The number of quaternary nitrogens is 1.